The van der Waals surface area contributed by atoms with Crippen LogP contribution in [0.1, 0.15) is 18.6 Å². The molecule has 5 heteroatoms. The van der Waals surface area contributed by atoms with Crippen molar-refractivity contribution >= 4 is 0 Å². The summed E-state index contributed by atoms with van der Waals surface area (Å²) in [5.41, 5.74) is 0. The van der Waals surface area contributed by atoms with Gasteiger partial charge in [0.15, 0.2) is 18.2 Å². The summed E-state index contributed by atoms with van der Waals surface area (Å²) in [4.78, 5) is 4.05. The summed E-state index contributed by atoms with van der Waals surface area (Å²) in [7, 11) is 0. The summed E-state index contributed by atoms with van der Waals surface area (Å²) in [5, 5.41) is 3.70. The second-order valence-electron chi connectivity index (χ2n) is 3.18. The Hall–Kier alpha value is -1.91. The first-order valence-electron chi connectivity index (χ1n) is 4.98. The quantitative estimate of drug-likeness (QED) is 0.796. The molecule has 4 nitrogen and oxygen atoms in total. The molecule has 0 N–H and O–H groups in total. The van der Waals surface area contributed by atoms with Crippen LogP contribution < -0.4 is 4.74 Å². The van der Waals surface area contributed by atoms with E-state index < -0.39 is 5.82 Å². The number of nitrogens with zero attached hydrogens (tertiary/aromatic N) is 2. The summed E-state index contributed by atoms with van der Waals surface area (Å²) >= 11 is 0. The highest BCUT2D eigenvalue weighted by Crippen LogP contribution is 2.16. The molecule has 0 radical (unpaired) electrons. The van der Waals surface area contributed by atoms with Crippen molar-refractivity contribution in [3.8, 4) is 5.75 Å². The summed E-state index contributed by atoms with van der Waals surface area (Å²) in [6, 6.07) is 6.19. The van der Waals surface area contributed by atoms with Gasteiger partial charge >= 0.3 is 0 Å². The summed E-state index contributed by atoms with van der Waals surface area (Å²) in [5.74, 6) is 0.749. The van der Waals surface area contributed by atoms with Crippen molar-refractivity contribution in [3.63, 3.8) is 0 Å². The van der Waals surface area contributed by atoms with E-state index in [1.807, 2.05) is 6.92 Å². The highest BCUT2D eigenvalue weighted by molar-refractivity contribution is 5.23. The van der Waals surface area contributed by atoms with Crippen LogP contribution in [-0.2, 0) is 13.0 Å². The van der Waals surface area contributed by atoms with Crippen LogP contribution in [0.2, 0.25) is 0 Å². The number of hydrogen-bond acceptors (Lipinski definition) is 4. The molecule has 1 aromatic carbocycles. The fraction of sp³-hybridized carbons (Fsp3) is 0.273. The largest absolute Gasteiger partial charge is 0.482 e. The number of aromatic nitrogens is 2. The van der Waals surface area contributed by atoms with Crippen LogP contribution in [-0.4, -0.2) is 10.1 Å². The van der Waals surface area contributed by atoms with Crippen molar-refractivity contribution in [1.82, 2.24) is 10.1 Å². The third-order valence-electron chi connectivity index (χ3n) is 2.01. The molecule has 0 fully saturated rings. The number of halogens is 1. The van der Waals surface area contributed by atoms with Gasteiger partial charge in [0, 0.05) is 6.42 Å². The van der Waals surface area contributed by atoms with E-state index in [4.69, 9.17) is 9.26 Å². The monoisotopic (exact) mass is 222 g/mol. The predicted molar refractivity (Wildman–Crippen MR) is 54.4 cm³/mol. The first-order chi connectivity index (χ1) is 7.79. The SMILES string of the molecule is CCc1nc(COc2ccccc2F)no1. The first kappa shape index (κ1) is 10.6. The van der Waals surface area contributed by atoms with Crippen LogP contribution in [0.3, 0.4) is 0 Å². The van der Waals surface area contributed by atoms with Crippen molar-refractivity contribution in [3.05, 3.63) is 41.8 Å². The predicted octanol–water partition coefficient (Wildman–Crippen LogP) is 2.35. The molecule has 1 heterocycles. The summed E-state index contributed by atoms with van der Waals surface area (Å²) in [6.45, 7) is 2.01. The second-order valence-corrected chi connectivity index (χ2v) is 3.18. The molecule has 0 unspecified atom stereocenters. The maximum Gasteiger partial charge on any atom is 0.226 e. The zero-order valence-corrected chi connectivity index (χ0v) is 8.81. The molecule has 2 aromatic rings. The van der Waals surface area contributed by atoms with Gasteiger partial charge in [-0.1, -0.05) is 24.2 Å². The lowest BCUT2D eigenvalue weighted by atomic mass is 10.3. The van der Waals surface area contributed by atoms with Gasteiger partial charge in [0.1, 0.15) is 0 Å². The molecule has 0 spiro atoms. The van der Waals surface area contributed by atoms with Crippen molar-refractivity contribution in [1.29, 1.82) is 0 Å². The Morgan fingerprint density at radius 1 is 1.38 bits per heavy atom. The Bertz CT molecular complexity index is 471. The zero-order chi connectivity index (χ0) is 11.4. The van der Waals surface area contributed by atoms with Gasteiger partial charge in [-0.15, -0.1) is 0 Å². The van der Waals surface area contributed by atoms with Gasteiger partial charge in [-0.05, 0) is 12.1 Å². The molecular formula is C11H11FN2O2. The van der Waals surface area contributed by atoms with Gasteiger partial charge in [-0.25, -0.2) is 4.39 Å². The minimum atomic E-state index is -0.401. The molecule has 2 rings (SSSR count). The number of ether oxygens (including phenoxy) is 1. The number of hydrogen-bond donors (Lipinski definition) is 0. The number of rotatable bonds is 4. The zero-order valence-electron chi connectivity index (χ0n) is 8.81. The van der Waals surface area contributed by atoms with Crippen LogP contribution in [0.15, 0.2) is 28.8 Å². The summed E-state index contributed by atoms with van der Waals surface area (Å²) < 4.78 is 23.3. The Morgan fingerprint density at radius 3 is 2.88 bits per heavy atom. The van der Waals surface area contributed by atoms with Gasteiger partial charge in [0.2, 0.25) is 11.7 Å². The van der Waals surface area contributed by atoms with E-state index in [2.05, 4.69) is 10.1 Å². The number of aryl methyl sites for hydroxylation is 1. The van der Waals surface area contributed by atoms with E-state index in [1.165, 1.54) is 6.07 Å². The van der Waals surface area contributed by atoms with Crippen LogP contribution in [0, 0.1) is 5.82 Å². The molecular weight excluding hydrogens is 211 g/mol. The summed E-state index contributed by atoms with van der Waals surface area (Å²) in [6.07, 6.45) is 0.673. The third kappa shape index (κ3) is 2.36. The maximum atomic E-state index is 13.2. The Morgan fingerprint density at radius 2 is 2.19 bits per heavy atom. The van der Waals surface area contributed by atoms with E-state index in [1.54, 1.807) is 18.2 Å². The molecule has 0 saturated carbocycles. The molecule has 0 aliphatic rings. The lowest BCUT2D eigenvalue weighted by Crippen LogP contribution is -1.99. The molecule has 84 valence electrons. The highest BCUT2D eigenvalue weighted by Gasteiger charge is 2.06. The highest BCUT2D eigenvalue weighted by atomic mass is 19.1. The molecule has 0 atom stereocenters. The van der Waals surface area contributed by atoms with Crippen molar-refractivity contribution < 1.29 is 13.7 Å². The van der Waals surface area contributed by atoms with Crippen LogP contribution in [0.4, 0.5) is 4.39 Å². The van der Waals surface area contributed by atoms with Gasteiger partial charge in [0.25, 0.3) is 0 Å². The van der Waals surface area contributed by atoms with Gasteiger partial charge in [-0.2, -0.15) is 4.98 Å². The average molecular weight is 222 g/mol. The average Bonchev–Trinajstić information content (AvgIpc) is 2.76. The number of benzene rings is 1. The van der Waals surface area contributed by atoms with Gasteiger partial charge < -0.3 is 9.26 Å². The molecule has 0 aliphatic carbocycles. The smallest absolute Gasteiger partial charge is 0.226 e. The van der Waals surface area contributed by atoms with Crippen molar-refractivity contribution in [2.45, 2.75) is 20.0 Å². The van der Waals surface area contributed by atoms with Gasteiger partial charge in [-0.3, -0.25) is 0 Å². The number of para-hydroxylation sites is 1. The molecule has 0 amide bonds. The van der Waals surface area contributed by atoms with E-state index >= 15 is 0 Å². The van der Waals surface area contributed by atoms with Crippen LogP contribution in [0.5, 0.6) is 5.75 Å². The van der Waals surface area contributed by atoms with E-state index in [0.29, 0.717) is 18.1 Å². The molecule has 1 aromatic heterocycles. The lowest BCUT2D eigenvalue weighted by Gasteiger charge is -2.03. The maximum absolute atomic E-state index is 13.2. The van der Waals surface area contributed by atoms with Crippen LogP contribution in [0.25, 0.3) is 0 Å². The second kappa shape index (κ2) is 4.74. The lowest BCUT2D eigenvalue weighted by molar-refractivity contribution is 0.272. The Labute approximate surface area is 92.0 Å². The fourth-order valence-electron chi connectivity index (χ4n) is 1.20. The third-order valence-corrected chi connectivity index (χ3v) is 2.01. The Kier molecular flexibility index (Phi) is 3.14. The van der Waals surface area contributed by atoms with Gasteiger partial charge in [0.05, 0.1) is 0 Å². The van der Waals surface area contributed by atoms with Crippen molar-refractivity contribution in [2.75, 3.05) is 0 Å². The molecule has 0 saturated heterocycles. The standard InChI is InChI=1S/C11H11FN2O2/c1-2-11-13-10(14-16-11)7-15-9-6-4-3-5-8(9)12/h3-6H,2,7H2,1H3. The first-order valence-corrected chi connectivity index (χ1v) is 4.98. The molecule has 0 aliphatic heterocycles. The Balaban J connectivity index is 1.99. The van der Waals surface area contributed by atoms with E-state index in [9.17, 15) is 4.39 Å². The molecule has 16 heavy (non-hydrogen) atoms. The fourth-order valence-corrected chi connectivity index (χ4v) is 1.20. The van der Waals surface area contributed by atoms with E-state index in [0.717, 1.165) is 0 Å². The van der Waals surface area contributed by atoms with Crippen LogP contribution >= 0.6 is 0 Å². The topological polar surface area (TPSA) is 48.2 Å². The minimum absolute atomic E-state index is 0.102. The molecule has 0 bridgehead atoms. The normalized spacial score (nSPS) is 10.4. The van der Waals surface area contributed by atoms with E-state index in [-0.39, 0.29) is 12.4 Å². The minimum Gasteiger partial charge on any atom is -0.482 e. The van der Waals surface area contributed by atoms with Crippen molar-refractivity contribution in [2.24, 2.45) is 0 Å².